The summed E-state index contributed by atoms with van der Waals surface area (Å²) in [6, 6.07) is 0. The summed E-state index contributed by atoms with van der Waals surface area (Å²) in [5.41, 5.74) is 2.04. The van der Waals surface area contributed by atoms with Crippen molar-refractivity contribution in [2.75, 3.05) is 13.3 Å². The van der Waals surface area contributed by atoms with Crippen LogP contribution in [0.4, 0.5) is 0 Å². The third-order valence-corrected chi connectivity index (χ3v) is 5.33. The highest BCUT2D eigenvalue weighted by Gasteiger charge is 2.22. The Kier molecular flexibility index (Phi) is 8.70. The molecule has 0 saturated heterocycles. The lowest BCUT2D eigenvalue weighted by molar-refractivity contribution is -0.121. The molecule has 0 saturated carbocycles. The molecule has 1 aromatic rings. The van der Waals surface area contributed by atoms with Crippen LogP contribution < -0.4 is 5.32 Å². The van der Waals surface area contributed by atoms with Gasteiger partial charge in [-0.1, -0.05) is 44.7 Å². The summed E-state index contributed by atoms with van der Waals surface area (Å²) >= 11 is 0. The largest absolute Gasteiger partial charge is 0.348 e. The quantitative estimate of drug-likeness (QED) is 0.516. The van der Waals surface area contributed by atoms with E-state index >= 15 is 0 Å². The zero-order valence-electron chi connectivity index (χ0n) is 15.5. The van der Waals surface area contributed by atoms with E-state index in [0.717, 1.165) is 23.5 Å². The Morgan fingerprint density at radius 3 is 2.71 bits per heavy atom. The van der Waals surface area contributed by atoms with Gasteiger partial charge in [-0.05, 0) is 38.2 Å². The lowest BCUT2D eigenvalue weighted by atomic mass is 10.1. The van der Waals surface area contributed by atoms with Crippen LogP contribution in [-0.4, -0.2) is 34.9 Å². The number of imidazole rings is 1. The molecule has 1 unspecified atom stereocenters. The van der Waals surface area contributed by atoms with Crippen molar-refractivity contribution in [2.24, 2.45) is 5.92 Å². The van der Waals surface area contributed by atoms with Crippen molar-refractivity contribution < 1.29 is 4.79 Å². The van der Waals surface area contributed by atoms with Crippen molar-refractivity contribution in [2.45, 2.75) is 39.4 Å². The molecular weight excluding hydrogens is 317 g/mol. The number of allylic oxidation sites excluding steroid dienone is 5. The van der Waals surface area contributed by atoms with Crippen LogP contribution in [0.15, 0.2) is 37.1 Å². The van der Waals surface area contributed by atoms with Crippen LogP contribution in [0.1, 0.15) is 38.7 Å². The maximum atomic E-state index is 12.5. The number of aromatic nitrogens is 2. The van der Waals surface area contributed by atoms with Gasteiger partial charge in [0.15, 0.2) is 0 Å². The molecule has 4 nitrogen and oxygen atoms in total. The maximum absolute atomic E-state index is 12.5. The minimum Gasteiger partial charge on any atom is -0.348 e. The monoisotopic (exact) mass is 347 g/mol. The molecule has 1 rings (SSSR count). The zero-order valence-corrected chi connectivity index (χ0v) is 16.4. The van der Waals surface area contributed by atoms with Crippen molar-refractivity contribution in [3.05, 3.63) is 48.6 Å². The molecule has 1 aromatic heterocycles. The molecule has 0 aliphatic carbocycles. The predicted octanol–water partition coefficient (Wildman–Crippen LogP) is 4.33. The van der Waals surface area contributed by atoms with Crippen LogP contribution in [0.2, 0.25) is 0 Å². The molecule has 0 aliphatic rings. The van der Waals surface area contributed by atoms with Crippen molar-refractivity contribution in [3.63, 3.8) is 0 Å². The molecule has 0 radical (unpaired) electrons. The third-order valence-electron chi connectivity index (χ3n) is 3.63. The zero-order chi connectivity index (χ0) is 18.1. The van der Waals surface area contributed by atoms with Gasteiger partial charge in [0, 0.05) is 0 Å². The van der Waals surface area contributed by atoms with Crippen molar-refractivity contribution >= 4 is 19.4 Å². The SMILES string of the molecule is C=C/C=C(\C=C/C)c1cnc(CNC(=O)C(CC(C)C)P(C)C)[nH]1. The first-order chi connectivity index (χ1) is 11.4. The molecule has 24 heavy (non-hydrogen) atoms. The van der Waals surface area contributed by atoms with Gasteiger partial charge < -0.3 is 10.3 Å². The molecule has 0 spiro atoms. The van der Waals surface area contributed by atoms with Crippen LogP contribution in [0.25, 0.3) is 5.57 Å². The highest BCUT2D eigenvalue weighted by Crippen LogP contribution is 2.36. The number of rotatable bonds is 9. The number of carbonyl (C=O) groups is 1. The minimum absolute atomic E-state index is 0.105. The van der Waals surface area contributed by atoms with Gasteiger partial charge >= 0.3 is 0 Å². The maximum Gasteiger partial charge on any atom is 0.227 e. The van der Waals surface area contributed by atoms with Gasteiger partial charge in [0.05, 0.1) is 24.1 Å². The van der Waals surface area contributed by atoms with E-state index in [2.05, 4.69) is 49.0 Å². The number of H-pyrrole nitrogens is 1. The predicted molar refractivity (Wildman–Crippen MR) is 105 cm³/mol. The number of hydrogen-bond donors (Lipinski definition) is 2. The Balaban J connectivity index is 2.72. The summed E-state index contributed by atoms with van der Waals surface area (Å²) in [5, 5.41) is 3.03. The topological polar surface area (TPSA) is 57.8 Å². The molecule has 0 bridgehead atoms. The van der Waals surface area contributed by atoms with Gasteiger partial charge in [0.2, 0.25) is 5.91 Å². The normalized spacial score (nSPS) is 13.7. The van der Waals surface area contributed by atoms with Gasteiger partial charge in [-0.2, -0.15) is 0 Å². The molecule has 1 atom stereocenters. The highest BCUT2D eigenvalue weighted by atomic mass is 31.1. The van der Waals surface area contributed by atoms with Crippen LogP contribution >= 0.6 is 7.92 Å². The van der Waals surface area contributed by atoms with Gasteiger partial charge in [0.25, 0.3) is 0 Å². The van der Waals surface area contributed by atoms with E-state index in [0.29, 0.717) is 12.5 Å². The standard InChI is InChI=1S/C19H30N3OP/c1-7-9-15(10-8-2)16-12-20-18(22-16)13-21-19(23)17(24(5)6)11-14(3)4/h7-10,12,14,17H,1,11,13H2,2-6H3,(H,20,22)(H,21,23)/b10-8-,15-9+. The molecule has 0 aliphatic heterocycles. The average molecular weight is 347 g/mol. The second-order valence-electron chi connectivity index (χ2n) is 6.43. The van der Waals surface area contributed by atoms with E-state index in [9.17, 15) is 4.79 Å². The van der Waals surface area contributed by atoms with E-state index in [4.69, 9.17) is 0 Å². The lowest BCUT2D eigenvalue weighted by Crippen LogP contribution is -2.34. The van der Waals surface area contributed by atoms with Gasteiger partial charge in [-0.3, -0.25) is 4.79 Å². The fraction of sp³-hybridized carbons (Fsp3) is 0.474. The molecule has 132 valence electrons. The van der Waals surface area contributed by atoms with Crippen LogP contribution in [0.5, 0.6) is 0 Å². The third kappa shape index (κ3) is 6.45. The number of nitrogens with one attached hydrogen (secondary N) is 2. The fourth-order valence-electron chi connectivity index (χ4n) is 2.43. The van der Waals surface area contributed by atoms with Gasteiger partial charge in [-0.15, -0.1) is 7.92 Å². The first-order valence-electron chi connectivity index (χ1n) is 8.32. The molecule has 0 aromatic carbocycles. The number of amides is 1. The Morgan fingerprint density at radius 1 is 1.46 bits per heavy atom. The summed E-state index contributed by atoms with van der Waals surface area (Å²) in [4.78, 5) is 20.1. The first-order valence-corrected chi connectivity index (χ1v) is 10.6. The molecule has 5 heteroatoms. The van der Waals surface area contributed by atoms with Crippen LogP contribution in [0, 0.1) is 5.92 Å². The van der Waals surface area contributed by atoms with E-state index in [-0.39, 0.29) is 19.5 Å². The van der Waals surface area contributed by atoms with Gasteiger partial charge in [-0.25, -0.2) is 4.98 Å². The molecule has 1 heterocycles. The molecular formula is C19H30N3OP. The van der Waals surface area contributed by atoms with Crippen molar-refractivity contribution in [1.29, 1.82) is 0 Å². The Hall–Kier alpha value is -1.67. The van der Waals surface area contributed by atoms with E-state index < -0.39 is 0 Å². The van der Waals surface area contributed by atoms with E-state index in [1.807, 2.05) is 25.2 Å². The second kappa shape index (κ2) is 10.2. The second-order valence-corrected chi connectivity index (χ2v) is 8.98. The fourth-order valence-corrected chi connectivity index (χ4v) is 3.83. The summed E-state index contributed by atoms with van der Waals surface area (Å²) < 4.78 is 0. The van der Waals surface area contributed by atoms with Crippen LogP contribution in [0.3, 0.4) is 0 Å². The molecule has 0 fully saturated rings. The molecule has 1 amide bonds. The van der Waals surface area contributed by atoms with E-state index in [1.54, 1.807) is 12.3 Å². The average Bonchev–Trinajstić information content (AvgIpc) is 2.98. The number of aromatic amines is 1. The Bertz CT molecular complexity index is 600. The summed E-state index contributed by atoms with van der Waals surface area (Å²) in [5.74, 6) is 1.42. The number of carbonyl (C=O) groups excluding carboxylic acids is 1. The van der Waals surface area contributed by atoms with E-state index in [1.165, 1.54) is 0 Å². The van der Waals surface area contributed by atoms with Crippen LogP contribution in [-0.2, 0) is 11.3 Å². The minimum atomic E-state index is -0.303. The number of hydrogen-bond acceptors (Lipinski definition) is 2. The Labute approximate surface area is 147 Å². The number of nitrogens with zero attached hydrogens (tertiary/aromatic N) is 1. The Morgan fingerprint density at radius 2 is 2.17 bits per heavy atom. The summed E-state index contributed by atoms with van der Waals surface area (Å²) in [6.07, 6.45) is 10.4. The van der Waals surface area contributed by atoms with Crippen molar-refractivity contribution in [1.82, 2.24) is 15.3 Å². The van der Waals surface area contributed by atoms with Crippen molar-refractivity contribution in [3.8, 4) is 0 Å². The smallest absolute Gasteiger partial charge is 0.227 e. The summed E-state index contributed by atoms with van der Waals surface area (Å²) in [7, 11) is -0.303. The molecule has 2 N–H and O–H groups in total. The first kappa shape index (κ1) is 20.4. The highest BCUT2D eigenvalue weighted by molar-refractivity contribution is 7.57. The lowest BCUT2D eigenvalue weighted by Gasteiger charge is -2.22. The summed E-state index contributed by atoms with van der Waals surface area (Å²) in [6.45, 7) is 14.8. The van der Waals surface area contributed by atoms with Gasteiger partial charge in [0.1, 0.15) is 5.82 Å².